The van der Waals surface area contributed by atoms with Gasteiger partial charge in [-0.3, -0.25) is 4.79 Å². The van der Waals surface area contributed by atoms with Crippen molar-refractivity contribution in [2.75, 3.05) is 5.73 Å². The van der Waals surface area contributed by atoms with E-state index >= 15 is 0 Å². The molecule has 0 aliphatic heterocycles. The van der Waals surface area contributed by atoms with Crippen molar-refractivity contribution in [3.8, 4) is 0 Å². The fraction of sp³-hybridized carbons (Fsp3) is 0.700. The molecule has 0 bridgehead atoms. The fourth-order valence-corrected chi connectivity index (χ4v) is 2.10. The molecule has 2 aliphatic carbocycles. The van der Waals surface area contributed by atoms with Crippen LogP contribution >= 0.6 is 0 Å². The van der Waals surface area contributed by atoms with Crippen LogP contribution in [0.4, 0.5) is 5.82 Å². The Bertz CT molecular complexity index is 397. The van der Waals surface area contributed by atoms with Gasteiger partial charge in [-0.25, -0.2) is 4.63 Å². The Labute approximate surface area is 92.5 Å². The number of nitrogen functional groups attached to an aromatic ring is 1. The van der Waals surface area contributed by atoms with Crippen molar-refractivity contribution in [3.63, 3.8) is 0 Å². The minimum Gasteiger partial charge on any atom is -0.379 e. The van der Waals surface area contributed by atoms with Gasteiger partial charge >= 0.3 is 0 Å². The topological polar surface area (TPSA) is 94.0 Å². The summed E-state index contributed by atoms with van der Waals surface area (Å²) in [6.45, 7) is 0. The first-order valence-electron chi connectivity index (χ1n) is 5.64. The number of carbonyl (C=O) groups is 1. The van der Waals surface area contributed by atoms with E-state index in [1.807, 2.05) is 0 Å². The Morgan fingerprint density at radius 1 is 1.31 bits per heavy atom. The molecule has 0 saturated heterocycles. The van der Waals surface area contributed by atoms with E-state index in [4.69, 9.17) is 5.73 Å². The Morgan fingerprint density at radius 2 is 1.94 bits per heavy atom. The highest BCUT2D eigenvalue weighted by Gasteiger charge is 2.42. The van der Waals surface area contributed by atoms with E-state index in [2.05, 4.69) is 20.3 Å². The van der Waals surface area contributed by atoms with Crippen molar-refractivity contribution < 1.29 is 9.42 Å². The van der Waals surface area contributed by atoms with Crippen LogP contribution in [-0.2, 0) is 0 Å². The maximum Gasteiger partial charge on any atom is 0.277 e. The molecule has 1 heterocycles. The standard InChI is InChI=1S/C10H14N4O2/c11-9-8(13-16-14-9)10(15)12-7(5-1-2-5)6-3-4-6/h5-7H,1-4H2,(H2,11,14)(H,12,15). The largest absolute Gasteiger partial charge is 0.379 e. The number of nitrogens with two attached hydrogens (primary N) is 1. The average molecular weight is 222 g/mol. The highest BCUT2D eigenvalue weighted by Crippen LogP contribution is 2.44. The molecule has 0 aromatic carbocycles. The number of aromatic nitrogens is 2. The van der Waals surface area contributed by atoms with Crippen LogP contribution in [0.15, 0.2) is 4.63 Å². The predicted molar refractivity (Wildman–Crippen MR) is 55.4 cm³/mol. The first-order valence-corrected chi connectivity index (χ1v) is 5.64. The quantitative estimate of drug-likeness (QED) is 0.776. The van der Waals surface area contributed by atoms with E-state index < -0.39 is 0 Å². The van der Waals surface area contributed by atoms with E-state index in [0.29, 0.717) is 17.9 Å². The van der Waals surface area contributed by atoms with Crippen molar-refractivity contribution in [1.29, 1.82) is 0 Å². The molecule has 3 rings (SSSR count). The maximum atomic E-state index is 11.8. The Balaban J connectivity index is 1.69. The molecule has 1 aromatic rings. The number of carbonyl (C=O) groups excluding carboxylic acids is 1. The SMILES string of the molecule is Nc1nonc1C(=O)NC(C1CC1)C1CC1. The minimum atomic E-state index is -0.262. The van der Waals surface area contributed by atoms with Crippen LogP contribution in [0.3, 0.4) is 0 Å². The van der Waals surface area contributed by atoms with Gasteiger partial charge in [-0.05, 0) is 47.8 Å². The molecule has 0 radical (unpaired) electrons. The van der Waals surface area contributed by atoms with Crippen LogP contribution in [0.5, 0.6) is 0 Å². The van der Waals surface area contributed by atoms with Gasteiger partial charge in [-0.1, -0.05) is 0 Å². The molecule has 6 heteroatoms. The molecular weight excluding hydrogens is 208 g/mol. The van der Waals surface area contributed by atoms with Crippen molar-refractivity contribution in [3.05, 3.63) is 5.69 Å². The van der Waals surface area contributed by atoms with Crippen molar-refractivity contribution in [2.24, 2.45) is 11.8 Å². The van der Waals surface area contributed by atoms with Gasteiger partial charge in [0.15, 0.2) is 0 Å². The van der Waals surface area contributed by atoms with Crippen molar-refractivity contribution >= 4 is 11.7 Å². The average Bonchev–Trinajstić information content (AvgIpc) is 3.14. The molecule has 0 spiro atoms. The smallest absolute Gasteiger partial charge is 0.277 e. The third-order valence-electron chi connectivity index (χ3n) is 3.29. The van der Waals surface area contributed by atoms with Crippen LogP contribution in [0.25, 0.3) is 0 Å². The molecular formula is C10H14N4O2. The van der Waals surface area contributed by atoms with Gasteiger partial charge in [0.1, 0.15) is 0 Å². The highest BCUT2D eigenvalue weighted by atomic mass is 16.6. The Morgan fingerprint density at radius 3 is 2.38 bits per heavy atom. The zero-order valence-electron chi connectivity index (χ0n) is 8.85. The number of nitrogens with one attached hydrogen (secondary N) is 1. The van der Waals surface area contributed by atoms with Gasteiger partial charge in [0.25, 0.3) is 5.91 Å². The molecule has 16 heavy (non-hydrogen) atoms. The number of rotatable bonds is 4. The maximum absolute atomic E-state index is 11.8. The van der Waals surface area contributed by atoms with Gasteiger partial charge in [0.2, 0.25) is 11.5 Å². The summed E-state index contributed by atoms with van der Waals surface area (Å²) in [6, 6.07) is 0.295. The second-order valence-electron chi connectivity index (χ2n) is 4.67. The summed E-state index contributed by atoms with van der Waals surface area (Å²) >= 11 is 0. The lowest BCUT2D eigenvalue weighted by Crippen LogP contribution is -2.38. The second-order valence-corrected chi connectivity index (χ2v) is 4.67. The molecule has 0 atom stereocenters. The number of nitrogens with zero attached hydrogens (tertiary/aromatic N) is 2. The Hall–Kier alpha value is -1.59. The summed E-state index contributed by atoms with van der Waals surface area (Å²) in [7, 11) is 0. The number of amides is 1. The molecule has 2 saturated carbocycles. The normalized spacial score (nSPS) is 20.1. The summed E-state index contributed by atoms with van der Waals surface area (Å²) in [5, 5.41) is 9.90. The molecule has 1 amide bonds. The van der Waals surface area contributed by atoms with Crippen LogP contribution in [0, 0.1) is 11.8 Å². The summed E-state index contributed by atoms with van der Waals surface area (Å²) in [4.78, 5) is 11.8. The van der Waals surface area contributed by atoms with Crippen LogP contribution in [0.1, 0.15) is 36.2 Å². The minimum absolute atomic E-state index is 0.0582. The zero-order valence-corrected chi connectivity index (χ0v) is 8.85. The first-order chi connectivity index (χ1) is 7.75. The zero-order chi connectivity index (χ0) is 11.1. The molecule has 86 valence electrons. The van der Waals surface area contributed by atoms with Crippen molar-refractivity contribution in [2.45, 2.75) is 31.7 Å². The van der Waals surface area contributed by atoms with Crippen LogP contribution in [0.2, 0.25) is 0 Å². The molecule has 1 aromatic heterocycles. The van der Waals surface area contributed by atoms with E-state index in [1.165, 1.54) is 25.7 Å². The third kappa shape index (κ3) is 1.75. The number of hydrogen-bond acceptors (Lipinski definition) is 5. The van der Waals surface area contributed by atoms with Crippen LogP contribution in [-0.4, -0.2) is 22.3 Å². The van der Waals surface area contributed by atoms with Crippen molar-refractivity contribution in [1.82, 2.24) is 15.6 Å². The molecule has 2 fully saturated rings. The van der Waals surface area contributed by atoms with E-state index in [-0.39, 0.29) is 17.4 Å². The van der Waals surface area contributed by atoms with Gasteiger partial charge in [0, 0.05) is 6.04 Å². The summed E-state index contributed by atoms with van der Waals surface area (Å²) in [6.07, 6.45) is 4.87. The van der Waals surface area contributed by atoms with E-state index in [1.54, 1.807) is 0 Å². The predicted octanol–water partition coefficient (Wildman–Crippen LogP) is 0.570. The van der Waals surface area contributed by atoms with Gasteiger partial charge in [-0.15, -0.1) is 0 Å². The Kier molecular flexibility index (Phi) is 2.08. The first kappa shape index (κ1) is 9.62. The molecule has 6 nitrogen and oxygen atoms in total. The van der Waals surface area contributed by atoms with Gasteiger partial charge < -0.3 is 11.1 Å². The lowest BCUT2D eigenvalue weighted by Gasteiger charge is -2.16. The fourth-order valence-electron chi connectivity index (χ4n) is 2.10. The van der Waals surface area contributed by atoms with E-state index in [9.17, 15) is 4.79 Å². The molecule has 0 unspecified atom stereocenters. The second kappa shape index (κ2) is 3.47. The summed E-state index contributed by atoms with van der Waals surface area (Å²) in [5.74, 6) is 1.10. The molecule has 2 aliphatic rings. The highest BCUT2D eigenvalue weighted by molar-refractivity contribution is 5.96. The lowest BCUT2D eigenvalue weighted by molar-refractivity contribution is 0.0917. The number of hydrogen-bond donors (Lipinski definition) is 2. The van der Waals surface area contributed by atoms with E-state index in [0.717, 1.165) is 0 Å². The lowest BCUT2D eigenvalue weighted by atomic mass is 10.1. The summed E-state index contributed by atoms with van der Waals surface area (Å²) in [5.41, 5.74) is 5.58. The van der Waals surface area contributed by atoms with Crippen LogP contribution < -0.4 is 11.1 Å². The van der Waals surface area contributed by atoms with Gasteiger partial charge in [-0.2, -0.15) is 0 Å². The van der Waals surface area contributed by atoms with Gasteiger partial charge in [0.05, 0.1) is 0 Å². The third-order valence-corrected chi connectivity index (χ3v) is 3.29. The number of anilines is 1. The molecule has 3 N–H and O–H groups in total. The monoisotopic (exact) mass is 222 g/mol. The summed E-state index contributed by atoms with van der Waals surface area (Å²) < 4.78 is 4.41.